The molecule has 2 unspecified atom stereocenters. The average Bonchev–Trinajstić information content (AvgIpc) is 2.64. The van der Waals surface area contributed by atoms with E-state index in [-0.39, 0.29) is 0 Å². The first-order chi connectivity index (χ1) is 7.61. The lowest BCUT2D eigenvalue weighted by molar-refractivity contribution is 0.324. The van der Waals surface area contributed by atoms with Crippen molar-refractivity contribution >= 4 is 11.6 Å². The van der Waals surface area contributed by atoms with Gasteiger partial charge in [0.05, 0.1) is 0 Å². The maximum absolute atomic E-state index is 5.90. The van der Waals surface area contributed by atoms with Gasteiger partial charge in [0, 0.05) is 11.1 Å². The molecule has 0 heterocycles. The van der Waals surface area contributed by atoms with Crippen LogP contribution in [0.15, 0.2) is 24.3 Å². The summed E-state index contributed by atoms with van der Waals surface area (Å²) >= 11 is 5.90. The van der Waals surface area contributed by atoms with Gasteiger partial charge in [0.25, 0.3) is 0 Å². The molecular weight excluding hydrogens is 218 g/mol. The summed E-state index contributed by atoms with van der Waals surface area (Å²) in [5.74, 6) is 0. The second kappa shape index (κ2) is 4.77. The number of nitrogens with one attached hydrogen (secondary N) is 1. The van der Waals surface area contributed by atoms with Crippen molar-refractivity contribution in [1.29, 1.82) is 0 Å². The first kappa shape index (κ1) is 11.9. The van der Waals surface area contributed by atoms with Gasteiger partial charge in [-0.05, 0) is 55.8 Å². The van der Waals surface area contributed by atoms with E-state index in [2.05, 4.69) is 31.4 Å². The number of benzene rings is 1. The van der Waals surface area contributed by atoms with E-state index in [0.717, 1.165) is 5.02 Å². The Kier molecular flexibility index (Phi) is 3.56. The van der Waals surface area contributed by atoms with Crippen LogP contribution in [0.5, 0.6) is 0 Å². The summed E-state index contributed by atoms with van der Waals surface area (Å²) in [5.41, 5.74) is 1.87. The van der Waals surface area contributed by atoms with Crippen molar-refractivity contribution in [2.24, 2.45) is 5.41 Å². The van der Waals surface area contributed by atoms with Gasteiger partial charge in [-0.15, -0.1) is 0 Å². The zero-order valence-electron chi connectivity index (χ0n) is 10.1. The number of rotatable bonds is 3. The van der Waals surface area contributed by atoms with Crippen LogP contribution in [0.3, 0.4) is 0 Å². The zero-order valence-corrected chi connectivity index (χ0v) is 10.8. The molecule has 0 aromatic heterocycles. The molecule has 1 saturated carbocycles. The molecule has 1 aromatic carbocycles. The van der Waals surface area contributed by atoms with Crippen molar-refractivity contribution in [3.05, 3.63) is 34.9 Å². The van der Waals surface area contributed by atoms with Gasteiger partial charge in [-0.25, -0.2) is 0 Å². The molecule has 0 bridgehead atoms. The summed E-state index contributed by atoms with van der Waals surface area (Å²) in [7, 11) is 2.07. The topological polar surface area (TPSA) is 12.0 Å². The highest BCUT2D eigenvalue weighted by molar-refractivity contribution is 6.30. The standard InChI is InChI=1S/C14H20ClN/c1-14(8-7-13(10-14)16-2)9-11-3-5-12(15)6-4-11/h3-6,13,16H,7-10H2,1-2H3. The highest BCUT2D eigenvalue weighted by Crippen LogP contribution is 2.40. The second-order valence-corrected chi connectivity index (χ2v) is 5.78. The maximum Gasteiger partial charge on any atom is 0.0406 e. The molecule has 1 fully saturated rings. The molecule has 0 aliphatic heterocycles. The molecule has 0 amide bonds. The summed E-state index contributed by atoms with van der Waals surface area (Å²) in [4.78, 5) is 0. The average molecular weight is 238 g/mol. The van der Waals surface area contributed by atoms with E-state index in [9.17, 15) is 0 Å². The fraction of sp³-hybridized carbons (Fsp3) is 0.571. The molecule has 1 aromatic rings. The monoisotopic (exact) mass is 237 g/mol. The molecule has 1 aliphatic carbocycles. The van der Waals surface area contributed by atoms with Crippen molar-refractivity contribution in [3.8, 4) is 0 Å². The fourth-order valence-electron chi connectivity index (χ4n) is 2.82. The number of hydrogen-bond donors (Lipinski definition) is 1. The van der Waals surface area contributed by atoms with Gasteiger partial charge >= 0.3 is 0 Å². The van der Waals surface area contributed by atoms with Crippen LogP contribution in [0.4, 0.5) is 0 Å². The Bertz CT molecular complexity index is 346. The third-order valence-electron chi connectivity index (χ3n) is 3.79. The molecular formula is C14H20ClN. The number of hydrogen-bond acceptors (Lipinski definition) is 1. The summed E-state index contributed by atoms with van der Waals surface area (Å²) < 4.78 is 0. The second-order valence-electron chi connectivity index (χ2n) is 5.34. The number of halogens is 1. The molecule has 2 atom stereocenters. The molecule has 88 valence electrons. The molecule has 2 rings (SSSR count). The predicted octanol–water partition coefficient (Wildman–Crippen LogP) is 3.66. The van der Waals surface area contributed by atoms with E-state index in [1.807, 2.05) is 12.1 Å². The Labute approximate surface area is 103 Å². The van der Waals surface area contributed by atoms with Gasteiger partial charge in [0.15, 0.2) is 0 Å². The summed E-state index contributed by atoms with van der Waals surface area (Å²) in [6.07, 6.45) is 5.08. The highest BCUT2D eigenvalue weighted by Gasteiger charge is 2.34. The highest BCUT2D eigenvalue weighted by atomic mass is 35.5. The third-order valence-corrected chi connectivity index (χ3v) is 4.04. The Balaban J connectivity index is 2.01. The van der Waals surface area contributed by atoms with Gasteiger partial charge in [-0.3, -0.25) is 0 Å². The molecule has 1 nitrogen and oxygen atoms in total. The van der Waals surface area contributed by atoms with Crippen LogP contribution in [0, 0.1) is 5.41 Å². The van der Waals surface area contributed by atoms with Crippen molar-refractivity contribution in [2.45, 2.75) is 38.6 Å². The van der Waals surface area contributed by atoms with Crippen molar-refractivity contribution in [2.75, 3.05) is 7.05 Å². The van der Waals surface area contributed by atoms with Gasteiger partial charge in [-0.2, -0.15) is 0 Å². The molecule has 1 N–H and O–H groups in total. The minimum absolute atomic E-state index is 0.460. The minimum atomic E-state index is 0.460. The van der Waals surface area contributed by atoms with E-state index in [4.69, 9.17) is 11.6 Å². The van der Waals surface area contributed by atoms with Crippen molar-refractivity contribution in [3.63, 3.8) is 0 Å². The largest absolute Gasteiger partial charge is 0.317 e. The molecule has 0 saturated heterocycles. The van der Waals surface area contributed by atoms with Crippen LogP contribution < -0.4 is 5.32 Å². The summed E-state index contributed by atoms with van der Waals surface area (Å²) in [6.45, 7) is 2.40. The Morgan fingerprint density at radius 3 is 2.62 bits per heavy atom. The zero-order chi connectivity index (χ0) is 11.6. The third kappa shape index (κ3) is 2.78. The lowest BCUT2D eigenvalue weighted by Gasteiger charge is -2.24. The first-order valence-electron chi connectivity index (χ1n) is 6.03. The van der Waals surface area contributed by atoms with Crippen LogP contribution in [0.2, 0.25) is 5.02 Å². The van der Waals surface area contributed by atoms with E-state index in [1.54, 1.807) is 0 Å². The van der Waals surface area contributed by atoms with Gasteiger partial charge in [-0.1, -0.05) is 30.7 Å². The molecule has 1 aliphatic rings. The normalized spacial score (nSPS) is 29.6. The van der Waals surface area contributed by atoms with Crippen molar-refractivity contribution in [1.82, 2.24) is 5.32 Å². The Morgan fingerprint density at radius 1 is 1.38 bits per heavy atom. The smallest absolute Gasteiger partial charge is 0.0406 e. The lowest BCUT2D eigenvalue weighted by atomic mass is 9.82. The molecule has 2 heteroatoms. The van der Waals surface area contributed by atoms with E-state index < -0.39 is 0 Å². The van der Waals surface area contributed by atoms with Gasteiger partial charge < -0.3 is 5.32 Å². The van der Waals surface area contributed by atoms with E-state index in [0.29, 0.717) is 11.5 Å². The van der Waals surface area contributed by atoms with Crippen LogP contribution in [-0.4, -0.2) is 13.1 Å². The fourth-order valence-corrected chi connectivity index (χ4v) is 2.95. The van der Waals surface area contributed by atoms with Crippen LogP contribution >= 0.6 is 11.6 Å². The van der Waals surface area contributed by atoms with Crippen LogP contribution in [0.1, 0.15) is 31.7 Å². The quantitative estimate of drug-likeness (QED) is 0.846. The van der Waals surface area contributed by atoms with Crippen molar-refractivity contribution < 1.29 is 0 Å². The minimum Gasteiger partial charge on any atom is -0.317 e. The molecule has 16 heavy (non-hydrogen) atoms. The van der Waals surface area contributed by atoms with Gasteiger partial charge in [0.1, 0.15) is 0 Å². The lowest BCUT2D eigenvalue weighted by Crippen LogP contribution is -2.24. The SMILES string of the molecule is CNC1CCC(C)(Cc2ccc(Cl)cc2)C1. The predicted molar refractivity (Wildman–Crippen MR) is 70.0 cm³/mol. The van der Waals surface area contributed by atoms with E-state index in [1.165, 1.54) is 31.2 Å². The molecule has 0 radical (unpaired) electrons. The van der Waals surface area contributed by atoms with Crippen LogP contribution in [-0.2, 0) is 6.42 Å². The molecule has 0 spiro atoms. The van der Waals surface area contributed by atoms with Gasteiger partial charge in [0.2, 0.25) is 0 Å². The maximum atomic E-state index is 5.90. The summed E-state index contributed by atoms with van der Waals surface area (Å²) in [5, 5.41) is 4.22. The Hall–Kier alpha value is -0.530. The van der Waals surface area contributed by atoms with Crippen LogP contribution in [0.25, 0.3) is 0 Å². The Morgan fingerprint density at radius 2 is 2.06 bits per heavy atom. The first-order valence-corrected chi connectivity index (χ1v) is 6.41. The summed E-state index contributed by atoms with van der Waals surface area (Å²) in [6, 6.07) is 8.99. The van der Waals surface area contributed by atoms with E-state index >= 15 is 0 Å².